The fourth-order valence-corrected chi connectivity index (χ4v) is 1.27. The maximum atomic E-state index is 11.0. The summed E-state index contributed by atoms with van der Waals surface area (Å²) in [6.45, 7) is 1.92. The number of carbonyl (C=O) groups is 1. The lowest BCUT2D eigenvalue weighted by atomic mass is 10.2. The molecule has 0 amide bonds. The lowest BCUT2D eigenvalue weighted by molar-refractivity contribution is -0.131. The normalized spacial score (nSPS) is 10.4. The first kappa shape index (κ1) is 12.6. The fraction of sp³-hybridized carbons (Fsp3) is 0.250. The van der Waals surface area contributed by atoms with Crippen LogP contribution < -0.4 is 9.47 Å². The van der Waals surface area contributed by atoms with E-state index in [0.717, 1.165) is 5.56 Å². The van der Waals surface area contributed by atoms with E-state index < -0.39 is 5.97 Å². The Morgan fingerprint density at radius 2 is 2.19 bits per heavy atom. The van der Waals surface area contributed by atoms with Crippen molar-refractivity contribution in [3.63, 3.8) is 0 Å². The van der Waals surface area contributed by atoms with Crippen LogP contribution in [0, 0.1) is 0 Å². The van der Waals surface area contributed by atoms with Crippen LogP contribution in [0.15, 0.2) is 24.3 Å². The van der Waals surface area contributed by atoms with Crippen LogP contribution in [0.3, 0.4) is 0 Å². The van der Waals surface area contributed by atoms with Gasteiger partial charge in [0, 0.05) is 0 Å². The van der Waals surface area contributed by atoms with E-state index in [9.17, 15) is 4.79 Å². The number of benzene rings is 1. The van der Waals surface area contributed by atoms with Crippen LogP contribution in [0.2, 0.25) is 0 Å². The van der Waals surface area contributed by atoms with Crippen molar-refractivity contribution in [2.45, 2.75) is 6.92 Å². The number of carbonyl (C=O) groups excluding carboxylic acids is 1. The van der Waals surface area contributed by atoms with Crippen molar-refractivity contribution in [2.75, 3.05) is 13.0 Å². The second-order valence-corrected chi connectivity index (χ2v) is 3.29. The number of ether oxygens (including phenoxy) is 2. The topological polar surface area (TPSA) is 35.5 Å². The molecule has 0 unspecified atom stereocenters. The maximum Gasteiger partial charge on any atom is 0.326 e. The average Bonchev–Trinajstić information content (AvgIpc) is 2.31. The number of rotatable bonds is 4. The third-order valence-electron chi connectivity index (χ3n) is 1.88. The molecular formula is C12H13ClO3. The molecule has 0 saturated heterocycles. The van der Waals surface area contributed by atoms with Crippen molar-refractivity contribution in [3.8, 4) is 11.5 Å². The SMILES string of the molecule is CC=Cc1ccc(OC(=O)CCl)c(OC)c1. The zero-order chi connectivity index (χ0) is 12.0. The van der Waals surface area contributed by atoms with E-state index in [1.807, 2.05) is 25.1 Å². The molecule has 0 heterocycles. The average molecular weight is 241 g/mol. The van der Waals surface area contributed by atoms with Gasteiger partial charge in [-0.3, -0.25) is 4.79 Å². The minimum absolute atomic E-state index is 0.181. The fourth-order valence-electron chi connectivity index (χ4n) is 1.21. The van der Waals surface area contributed by atoms with Gasteiger partial charge in [0.25, 0.3) is 0 Å². The Bertz CT molecular complexity index is 399. The zero-order valence-electron chi connectivity index (χ0n) is 9.20. The smallest absolute Gasteiger partial charge is 0.326 e. The zero-order valence-corrected chi connectivity index (χ0v) is 9.95. The number of hydrogen-bond donors (Lipinski definition) is 0. The summed E-state index contributed by atoms with van der Waals surface area (Å²) in [5.41, 5.74) is 0.977. The van der Waals surface area contributed by atoms with Crippen LogP contribution in [-0.2, 0) is 4.79 Å². The molecular weight excluding hydrogens is 228 g/mol. The molecule has 4 heteroatoms. The first-order chi connectivity index (χ1) is 7.71. The van der Waals surface area contributed by atoms with Crippen molar-refractivity contribution < 1.29 is 14.3 Å². The van der Waals surface area contributed by atoms with Gasteiger partial charge in [0.05, 0.1) is 7.11 Å². The van der Waals surface area contributed by atoms with Crippen molar-refractivity contribution >= 4 is 23.6 Å². The molecule has 0 fully saturated rings. The van der Waals surface area contributed by atoms with Crippen LogP contribution in [0.4, 0.5) is 0 Å². The quantitative estimate of drug-likeness (QED) is 0.461. The molecule has 1 aromatic rings. The van der Waals surface area contributed by atoms with E-state index in [1.54, 1.807) is 12.1 Å². The maximum absolute atomic E-state index is 11.0. The van der Waals surface area contributed by atoms with Gasteiger partial charge in [0.1, 0.15) is 5.88 Å². The molecule has 16 heavy (non-hydrogen) atoms. The first-order valence-electron chi connectivity index (χ1n) is 4.78. The van der Waals surface area contributed by atoms with Crippen LogP contribution in [-0.4, -0.2) is 19.0 Å². The number of alkyl halides is 1. The van der Waals surface area contributed by atoms with Crippen molar-refractivity contribution in [2.24, 2.45) is 0 Å². The van der Waals surface area contributed by atoms with Crippen molar-refractivity contribution in [1.29, 1.82) is 0 Å². The molecule has 0 bridgehead atoms. The highest BCUT2D eigenvalue weighted by Gasteiger charge is 2.08. The molecule has 0 radical (unpaired) electrons. The van der Waals surface area contributed by atoms with Crippen LogP contribution in [0.5, 0.6) is 11.5 Å². The van der Waals surface area contributed by atoms with Gasteiger partial charge in [-0.05, 0) is 24.6 Å². The number of esters is 1. The number of hydrogen-bond acceptors (Lipinski definition) is 3. The molecule has 1 rings (SSSR count). The summed E-state index contributed by atoms with van der Waals surface area (Å²) in [5.74, 6) is 0.203. The Kier molecular flexibility index (Phi) is 4.86. The number of halogens is 1. The summed E-state index contributed by atoms with van der Waals surface area (Å²) in [5, 5.41) is 0. The molecule has 3 nitrogen and oxygen atoms in total. The second kappa shape index (κ2) is 6.18. The highest BCUT2D eigenvalue weighted by atomic mass is 35.5. The van der Waals surface area contributed by atoms with Crippen LogP contribution in [0.25, 0.3) is 6.08 Å². The highest BCUT2D eigenvalue weighted by Crippen LogP contribution is 2.28. The Morgan fingerprint density at radius 3 is 2.75 bits per heavy atom. The largest absolute Gasteiger partial charge is 0.493 e. The molecule has 0 atom stereocenters. The highest BCUT2D eigenvalue weighted by molar-refractivity contribution is 6.26. The Balaban J connectivity index is 2.97. The number of allylic oxidation sites excluding steroid dienone is 1. The van der Waals surface area contributed by atoms with Crippen molar-refractivity contribution in [3.05, 3.63) is 29.8 Å². The van der Waals surface area contributed by atoms with E-state index in [0.29, 0.717) is 11.5 Å². The predicted molar refractivity (Wildman–Crippen MR) is 64.1 cm³/mol. The standard InChI is InChI=1S/C12H13ClO3/c1-3-4-9-5-6-10(11(7-9)15-2)16-12(14)8-13/h3-7H,8H2,1-2H3. The van der Waals surface area contributed by atoms with Gasteiger partial charge in [-0.2, -0.15) is 0 Å². The lowest BCUT2D eigenvalue weighted by Crippen LogP contribution is -2.09. The molecule has 0 aliphatic carbocycles. The van der Waals surface area contributed by atoms with Crippen molar-refractivity contribution in [1.82, 2.24) is 0 Å². The van der Waals surface area contributed by atoms with Crippen LogP contribution >= 0.6 is 11.6 Å². The van der Waals surface area contributed by atoms with E-state index in [-0.39, 0.29) is 5.88 Å². The molecule has 0 saturated carbocycles. The second-order valence-electron chi connectivity index (χ2n) is 3.02. The molecule has 86 valence electrons. The first-order valence-corrected chi connectivity index (χ1v) is 5.32. The van der Waals surface area contributed by atoms with Gasteiger partial charge >= 0.3 is 5.97 Å². The van der Waals surface area contributed by atoms with E-state index in [2.05, 4.69) is 0 Å². The number of methoxy groups -OCH3 is 1. The summed E-state index contributed by atoms with van der Waals surface area (Å²) >= 11 is 5.35. The van der Waals surface area contributed by atoms with E-state index in [1.165, 1.54) is 7.11 Å². The lowest BCUT2D eigenvalue weighted by Gasteiger charge is -2.08. The molecule has 0 spiro atoms. The van der Waals surface area contributed by atoms with Gasteiger partial charge in [-0.1, -0.05) is 18.2 Å². The Labute approximate surface area is 99.6 Å². The minimum Gasteiger partial charge on any atom is -0.493 e. The van der Waals surface area contributed by atoms with Gasteiger partial charge in [0.15, 0.2) is 11.5 Å². The minimum atomic E-state index is -0.501. The summed E-state index contributed by atoms with van der Waals surface area (Å²) in [4.78, 5) is 11.0. The Hall–Kier alpha value is -1.48. The molecule has 0 N–H and O–H groups in total. The molecule has 0 aliphatic rings. The molecule has 0 aliphatic heterocycles. The third kappa shape index (κ3) is 3.28. The van der Waals surface area contributed by atoms with Gasteiger partial charge in [-0.25, -0.2) is 0 Å². The predicted octanol–water partition coefficient (Wildman–Crippen LogP) is 2.87. The summed E-state index contributed by atoms with van der Waals surface area (Å²) in [7, 11) is 1.52. The summed E-state index contributed by atoms with van der Waals surface area (Å²) in [6.07, 6.45) is 3.84. The summed E-state index contributed by atoms with van der Waals surface area (Å²) in [6, 6.07) is 5.30. The van der Waals surface area contributed by atoms with Crippen LogP contribution in [0.1, 0.15) is 12.5 Å². The van der Waals surface area contributed by atoms with Gasteiger partial charge in [-0.15, -0.1) is 11.6 Å². The summed E-state index contributed by atoms with van der Waals surface area (Å²) < 4.78 is 10.1. The van der Waals surface area contributed by atoms with Gasteiger partial charge < -0.3 is 9.47 Å². The van der Waals surface area contributed by atoms with E-state index >= 15 is 0 Å². The monoisotopic (exact) mass is 240 g/mol. The molecule has 1 aromatic carbocycles. The van der Waals surface area contributed by atoms with Gasteiger partial charge in [0.2, 0.25) is 0 Å². The third-order valence-corrected chi connectivity index (χ3v) is 2.10. The molecule has 0 aromatic heterocycles. The van der Waals surface area contributed by atoms with E-state index in [4.69, 9.17) is 21.1 Å². The Morgan fingerprint density at radius 1 is 1.44 bits per heavy atom.